The van der Waals surface area contributed by atoms with Crippen LogP contribution in [0.15, 0.2) is 24.5 Å². The number of aromatic nitrogens is 3. The van der Waals surface area contributed by atoms with Crippen LogP contribution in [0.3, 0.4) is 0 Å². The molecule has 0 radical (unpaired) electrons. The number of hydrogen-bond donors (Lipinski definition) is 3. The SMILES string of the molecule is CC(C)(F)c1ncccc1CNc1ncc(C#N)c(N[C@H]2C[C@@H](CO)C2(C)C)n1. The number of alkyl halides is 1. The highest BCUT2D eigenvalue weighted by Gasteiger charge is 2.47. The van der Waals surface area contributed by atoms with E-state index in [9.17, 15) is 14.8 Å². The molecule has 0 spiro atoms. The normalized spacial score (nSPS) is 20.4. The Bertz CT molecular complexity index is 918. The van der Waals surface area contributed by atoms with Crippen molar-refractivity contribution < 1.29 is 9.50 Å². The van der Waals surface area contributed by atoms with E-state index in [-0.39, 0.29) is 24.0 Å². The number of rotatable bonds is 7. The van der Waals surface area contributed by atoms with Crippen LogP contribution in [-0.2, 0) is 12.2 Å². The largest absolute Gasteiger partial charge is 0.396 e. The third kappa shape index (κ3) is 4.30. The fourth-order valence-corrected chi connectivity index (χ4v) is 3.69. The van der Waals surface area contributed by atoms with E-state index in [0.29, 0.717) is 35.1 Å². The number of halogens is 1. The molecule has 8 heteroatoms. The molecule has 0 aliphatic heterocycles. The molecular formula is C21H27FN6O. The van der Waals surface area contributed by atoms with Crippen molar-refractivity contribution in [2.75, 3.05) is 17.2 Å². The van der Waals surface area contributed by atoms with Gasteiger partial charge in [-0.15, -0.1) is 0 Å². The second-order valence-electron chi connectivity index (χ2n) is 8.54. The van der Waals surface area contributed by atoms with E-state index in [2.05, 4.69) is 45.5 Å². The number of anilines is 2. The zero-order valence-corrected chi connectivity index (χ0v) is 17.2. The number of nitrogens with zero attached hydrogens (tertiary/aromatic N) is 4. The number of aliphatic hydroxyl groups is 1. The van der Waals surface area contributed by atoms with Gasteiger partial charge in [-0.3, -0.25) is 4.98 Å². The quantitative estimate of drug-likeness (QED) is 0.656. The molecule has 0 bridgehead atoms. The van der Waals surface area contributed by atoms with Crippen LogP contribution in [0.4, 0.5) is 16.2 Å². The summed E-state index contributed by atoms with van der Waals surface area (Å²) in [5.41, 5.74) is -0.225. The zero-order valence-electron chi connectivity index (χ0n) is 17.2. The molecule has 1 fully saturated rings. The van der Waals surface area contributed by atoms with Crippen molar-refractivity contribution in [3.8, 4) is 6.07 Å². The second-order valence-corrected chi connectivity index (χ2v) is 8.54. The summed E-state index contributed by atoms with van der Waals surface area (Å²) in [5, 5.41) is 25.3. The average Bonchev–Trinajstić information content (AvgIpc) is 2.68. The Balaban J connectivity index is 1.76. The van der Waals surface area contributed by atoms with Crippen molar-refractivity contribution in [3.05, 3.63) is 41.3 Å². The summed E-state index contributed by atoms with van der Waals surface area (Å²) in [5.74, 6) is 1.02. The topological polar surface area (TPSA) is 107 Å². The molecule has 1 aliphatic rings. The van der Waals surface area contributed by atoms with E-state index < -0.39 is 5.67 Å². The minimum atomic E-state index is -1.56. The monoisotopic (exact) mass is 398 g/mol. The van der Waals surface area contributed by atoms with Crippen LogP contribution < -0.4 is 10.6 Å². The number of hydrogen-bond acceptors (Lipinski definition) is 7. The summed E-state index contributed by atoms with van der Waals surface area (Å²) in [6, 6.07) is 5.78. The van der Waals surface area contributed by atoms with Gasteiger partial charge in [0.2, 0.25) is 5.95 Å². The average molecular weight is 398 g/mol. The van der Waals surface area contributed by atoms with Crippen LogP contribution in [0.1, 0.15) is 50.9 Å². The van der Waals surface area contributed by atoms with E-state index in [0.717, 1.165) is 6.42 Å². The minimum Gasteiger partial charge on any atom is -0.396 e. The summed E-state index contributed by atoms with van der Waals surface area (Å²) in [4.78, 5) is 12.8. The first-order valence-corrected chi connectivity index (χ1v) is 9.68. The standard InChI is InChI=1S/C21H27FN6O/c1-20(2)15(12-29)8-16(20)27-18-14(9-23)11-26-19(28-18)25-10-13-6-5-7-24-17(13)21(3,4)22/h5-7,11,15-16,29H,8,10,12H2,1-4H3,(H2,25,26,27,28)/t15-,16-/m0/s1. The van der Waals surface area contributed by atoms with Gasteiger partial charge in [-0.2, -0.15) is 10.2 Å². The first-order valence-electron chi connectivity index (χ1n) is 9.68. The number of pyridine rings is 1. The first kappa shape index (κ1) is 20.9. The smallest absolute Gasteiger partial charge is 0.224 e. The van der Waals surface area contributed by atoms with Crippen molar-refractivity contribution >= 4 is 11.8 Å². The second kappa shape index (κ2) is 7.91. The van der Waals surface area contributed by atoms with Gasteiger partial charge in [-0.05, 0) is 43.2 Å². The predicted molar refractivity (Wildman–Crippen MR) is 109 cm³/mol. The Kier molecular flexibility index (Phi) is 5.71. The maximum Gasteiger partial charge on any atom is 0.224 e. The van der Waals surface area contributed by atoms with Crippen LogP contribution in [0.5, 0.6) is 0 Å². The van der Waals surface area contributed by atoms with Crippen molar-refractivity contribution in [2.45, 2.75) is 52.4 Å². The highest BCUT2D eigenvalue weighted by Crippen LogP contribution is 2.47. The Labute approximate surface area is 170 Å². The molecule has 3 rings (SSSR count). The van der Waals surface area contributed by atoms with Crippen molar-refractivity contribution in [2.24, 2.45) is 11.3 Å². The van der Waals surface area contributed by atoms with Gasteiger partial charge in [0, 0.05) is 25.4 Å². The van der Waals surface area contributed by atoms with E-state index >= 15 is 0 Å². The summed E-state index contributed by atoms with van der Waals surface area (Å²) >= 11 is 0. The summed E-state index contributed by atoms with van der Waals surface area (Å²) < 4.78 is 14.4. The van der Waals surface area contributed by atoms with Crippen LogP contribution in [0.2, 0.25) is 0 Å². The van der Waals surface area contributed by atoms with Gasteiger partial charge in [0.15, 0.2) is 0 Å². The van der Waals surface area contributed by atoms with Gasteiger partial charge in [0.1, 0.15) is 23.1 Å². The van der Waals surface area contributed by atoms with E-state index in [4.69, 9.17) is 0 Å². The fourth-order valence-electron chi connectivity index (χ4n) is 3.69. The maximum atomic E-state index is 14.4. The van der Waals surface area contributed by atoms with Gasteiger partial charge in [-0.1, -0.05) is 19.9 Å². The maximum absolute atomic E-state index is 14.4. The molecule has 1 aliphatic carbocycles. The molecule has 2 atom stereocenters. The van der Waals surface area contributed by atoms with Crippen LogP contribution in [0.25, 0.3) is 0 Å². The third-order valence-corrected chi connectivity index (χ3v) is 5.80. The lowest BCUT2D eigenvalue weighted by Gasteiger charge is -2.52. The molecule has 0 unspecified atom stereocenters. The summed E-state index contributed by atoms with van der Waals surface area (Å²) in [7, 11) is 0. The molecule has 0 saturated heterocycles. The molecule has 7 nitrogen and oxygen atoms in total. The molecule has 2 aromatic rings. The fraction of sp³-hybridized carbons (Fsp3) is 0.524. The van der Waals surface area contributed by atoms with Gasteiger partial charge >= 0.3 is 0 Å². The Morgan fingerprint density at radius 3 is 2.76 bits per heavy atom. The molecular weight excluding hydrogens is 371 g/mol. The van der Waals surface area contributed by atoms with Crippen molar-refractivity contribution in [1.29, 1.82) is 5.26 Å². The molecule has 1 saturated carbocycles. The Morgan fingerprint density at radius 1 is 1.38 bits per heavy atom. The lowest BCUT2D eigenvalue weighted by atomic mass is 9.59. The third-order valence-electron chi connectivity index (χ3n) is 5.80. The van der Waals surface area contributed by atoms with Gasteiger partial charge in [-0.25, -0.2) is 9.37 Å². The summed E-state index contributed by atoms with van der Waals surface area (Å²) in [6.45, 7) is 7.57. The molecule has 3 N–H and O–H groups in total. The van der Waals surface area contributed by atoms with Crippen LogP contribution in [-0.4, -0.2) is 32.7 Å². The highest BCUT2D eigenvalue weighted by atomic mass is 19.1. The Morgan fingerprint density at radius 2 is 2.14 bits per heavy atom. The zero-order chi connectivity index (χ0) is 21.2. The number of aliphatic hydroxyl groups excluding tert-OH is 1. The van der Waals surface area contributed by atoms with Crippen molar-refractivity contribution in [3.63, 3.8) is 0 Å². The lowest BCUT2D eigenvalue weighted by Crippen LogP contribution is -2.54. The number of nitrogens with one attached hydrogen (secondary N) is 2. The van der Waals surface area contributed by atoms with Crippen LogP contribution >= 0.6 is 0 Å². The summed E-state index contributed by atoms with van der Waals surface area (Å²) in [6.07, 6.45) is 3.85. The molecule has 29 heavy (non-hydrogen) atoms. The first-order chi connectivity index (χ1) is 13.7. The highest BCUT2D eigenvalue weighted by molar-refractivity contribution is 5.54. The molecule has 0 amide bonds. The number of nitriles is 1. The van der Waals surface area contributed by atoms with Gasteiger partial charge in [0.05, 0.1) is 11.9 Å². The predicted octanol–water partition coefficient (Wildman–Crippen LogP) is 3.38. The van der Waals surface area contributed by atoms with E-state index in [1.165, 1.54) is 20.0 Å². The molecule has 2 heterocycles. The Hall–Kier alpha value is -2.79. The van der Waals surface area contributed by atoms with E-state index in [1.807, 2.05) is 6.07 Å². The molecule has 0 aromatic carbocycles. The van der Waals surface area contributed by atoms with Crippen LogP contribution in [0, 0.1) is 22.7 Å². The van der Waals surface area contributed by atoms with Crippen molar-refractivity contribution in [1.82, 2.24) is 15.0 Å². The molecule has 2 aromatic heterocycles. The minimum absolute atomic E-state index is 0.0999. The molecule has 154 valence electrons. The van der Waals surface area contributed by atoms with E-state index in [1.54, 1.807) is 12.3 Å². The lowest BCUT2D eigenvalue weighted by molar-refractivity contribution is 0.00449. The van der Waals surface area contributed by atoms with Gasteiger partial charge < -0.3 is 15.7 Å². The van der Waals surface area contributed by atoms with Gasteiger partial charge in [0.25, 0.3) is 0 Å².